The Hall–Kier alpha value is -0.750. The predicted octanol–water partition coefficient (Wildman–Crippen LogP) is 2.59. The van der Waals surface area contributed by atoms with Gasteiger partial charge in [0.1, 0.15) is 0 Å². The third-order valence-electron chi connectivity index (χ3n) is 4.20. The van der Waals surface area contributed by atoms with E-state index in [9.17, 15) is 9.90 Å². The Morgan fingerprint density at radius 3 is 2.59 bits per heavy atom. The van der Waals surface area contributed by atoms with Crippen molar-refractivity contribution in [2.75, 3.05) is 39.0 Å². The van der Waals surface area contributed by atoms with Crippen LogP contribution in [-0.2, 0) is 0 Å². The zero-order chi connectivity index (χ0) is 16.1. The maximum Gasteiger partial charge on any atom is 0.255 e. The van der Waals surface area contributed by atoms with E-state index in [4.69, 9.17) is 11.6 Å². The van der Waals surface area contributed by atoms with E-state index in [0.717, 1.165) is 24.4 Å². The molecule has 0 aliphatic carbocycles. The van der Waals surface area contributed by atoms with Crippen molar-refractivity contribution in [2.45, 2.75) is 24.3 Å². The topological polar surface area (TPSA) is 43.8 Å². The highest BCUT2D eigenvalue weighted by Gasteiger charge is 2.26. The van der Waals surface area contributed by atoms with Crippen LogP contribution in [0.4, 0.5) is 0 Å². The molecule has 0 bridgehead atoms. The standard InChI is InChI=1S/C16H23ClN2O2S/c1-3-12(11-20)18-6-8-19(9-7-18)16(21)14-10-13(22-2)4-5-15(14)17/h4-5,10,12,20H,3,6-9,11H2,1-2H3. The molecule has 0 aromatic heterocycles. The summed E-state index contributed by atoms with van der Waals surface area (Å²) in [4.78, 5) is 17.8. The van der Waals surface area contributed by atoms with E-state index in [-0.39, 0.29) is 18.6 Å². The second kappa shape index (κ2) is 8.20. The Kier molecular flexibility index (Phi) is 6.56. The first-order chi connectivity index (χ1) is 10.6. The molecule has 1 aliphatic heterocycles. The SMILES string of the molecule is CCC(CO)N1CCN(C(=O)c2cc(SC)ccc2Cl)CC1. The summed E-state index contributed by atoms with van der Waals surface area (Å²) in [6.07, 6.45) is 2.90. The number of piperazine rings is 1. The minimum atomic E-state index is -0.00223. The lowest BCUT2D eigenvalue weighted by Gasteiger charge is -2.38. The number of rotatable bonds is 5. The van der Waals surface area contributed by atoms with Crippen LogP contribution >= 0.6 is 23.4 Å². The summed E-state index contributed by atoms with van der Waals surface area (Å²) in [5.74, 6) is -0.00223. The van der Waals surface area contributed by atoms with E-state index in [1.165, 1.54) is 0 Å². The Balaban J connectivity index is 2.03. The van der Waals surface area contributed by atoms with Crippen molar-refractivity contribution >= 4 is 29.3 Å². The van der Waals surface area contributed by atoms with E-state index in [0.29, 0.717) is 23.7 Å². The molecule has 1 aromatic carbocycles. The van der Waals surface area contributed by atoms with Gasteiger partial charge in [0.15, 0.2) is 0 Å². The zero-order valence-corrected chi connectivity index (χ0v) is 14.7. The lowest BCUT2D eigenvalue weighted by atomic mass is 10.1. The van der Waals surface area contributed by atoms with Crippen molar-refractivity contribution in [2.24, 2.45) is 0 Å². The van der Waals surface area contributed by atoms with Gasteiger partial charge in [-0.15, -0.1) is 11.8 Å². The van der Waals surface area contributed by atoms with Crippen LogP contribution in [0.3, 0.4) is 0 Å². The van der Waals surface area contributed by atoms with Crippen LogP contribution in [-0.4, -0.2) is 65.9 Å². The fourth-order valence-corrected chi connectivity index (χ4v) is 3.40. The second-order valence-electron chi connectivity index (χ2n) is 5.42. The molecule has 122 valence electrons. The Labute approximate surface area is 141 Å². The van der Waals surface area contributed by atoms with Gasteiger partial charge < -0.3 is 10.0 Å². The number of amides is 1. The molecule has 0 saturated carbocycles. The highest BCUT2D eigenvalue weighted by molar-refractivity contribution is 7.98. The normalized spacial score (nSPS) is 17.5. The lowest BCUT2D eigenvalue weighted by molar-refractivity contribution is 0.0472. The number of nitrogens with zero attached hydrogens (tertiary/aromatic N) is 2. The van der Waals surface area contributed by atoms with E-state index in [1.807, 2.05) is 23.3 Å². The number of benzene rings is 1. The quantitative estimate of drug-likeness (QED) is 0.835. The molecule has 2 rings (SSSR count). The van der Waals surface area contributed by atoms with Crippen LogP contribution in [0.15, 0.2) is 23.1 Å². The molecule has 1 fully saturated rings. The van der Waals surface area contributed by atoms with Crippen molar-refractivity contribution in [3.8, 4) is 0 Å². The summed E-state index contributed by atoms with van der Waals surface area (Å²) in [6, 6.07) is 5.77. The zero-order valence-electron chi connectivity index (χ0n) is 13.1. The average Bonchev–Trinajstić information content (AvgIpc) is 2.56. The maximum atomic E-state index is 12.7. The fraction of sp³-hybridized carbons (Fsp3) is 0.562. The molecule has 1 saturated heterocycles. The molecule has 0 spiro atoms. The Morgan fingerprint density at radius 1 is 1.36 bits per heavy atom. The summed E-state index contributed by atoms with van der Waals surface area (Å²) in [5.41, 5.74) is 0.580. The van der Waals surface area contributed by atoms with Gasteiger partial charge in [-0.2, -0.15) is 0 Å². The number of hydrogen-bond acceptors (Lipinski definition) is 4. The predicted molar refractivity (Wildman–Crippen MR) is 91.9 cm³/mol. The van der Waals surface area contributed by atoms with Crippen LogP contribution in [0.1, 0.15) is 23.7 Å². The maximum absolute atomic E-state index is 12.7. The summed E-state index contributed by atoms with van der Waals surface area (Å²) in [7, 11) is 0. The number of hydrogen-bond donors (Lipinski definition) is 1. The van der Waals surface area contributed by atoms with Crippen molar-refractivity contribution in [3.63, 3.8) is 0 Å². The average molecular weight is 343 g/mol. The second-order valence-corrected chi connectivity index (χ2v) is 6.71. The summed E-state index contributed by atoms with van der Waals surface area (Å²) in [5, 5.41) is 9.89. The summed E-state index contributed by atoms with van der Waals surface area (Å²) < 4.78 is 0. The van der Waals surface area contributed by atoms with Crippen LogP contribution < -0.4 is 0 Å². The van der Waals surface area contributed by atoms with Crippen molar-refractivity contribution in [1.29, 1.82) is 0 Å². The molecule has 1 heterocycles. The molecule has 4 nitrogen and oxygen atoms in total. The number of carbonyl (C=O) groups is 1. The van der Waals surface area contributed by atoms with Crippen LogP contribution in [0.5, 0.6) is 0 Å². The first kappa shape index (κ1) is 17.6. The molecule has 1 amide bonds. The molecule has 1 aliphatic rings. The van der Waals surface area contributed by atoms with Gasteiger partial charge in [0.2, 0.25) is 0 Å². The molecular formula is C16H23ClN2O2S. The number of carbonyl (C=O) groups excluding carboxylic acids is 1. The number of thioether (sulfide) groups is 1. The van der Waals surface area contributed by atoms with Gasteiger partial charge in [0.05, 0.1) is 17.2 Å². The smallest absolute Gasteiger partial charge is 0.255 e. The molecule has 6 heteroatoms. The van der Waals surface area contributed by atoms with Gasteiger partial charge in [-0.3, -0.25) is 9.69 Å². The molecule has 1 N–H and O–H groups in total. The summed E-state index contributed by atoms with van der Waals surface area (Å²) in [6.45, 7) is 5.19. The number of halogens is 1. The fourth-order valence-electron chi connectivity index (χ4n) is 2.76. The van der Waals surface area contributed by atoms with Gasteiger partial charge in [-0.25, -0.2) is 0 Å². The monoisotopic (exact) mass is 342 g/mol. The Morgan fingerprint density at radius 2 is 2.05 bits per heavy atom. The van der Waals surface area contributed by atoms with Crippen molar-refractivity contribution in [1.82, 2.24) is 9.80 Å². The van der Waals surface area contributed by atoms with E-state index >= 15 is 0 Å². The largest absolute Gasteiger partial charge is 0.395 e. The van der Waals surface area contributed by atoms with E-state index < -0.39 is 0 Å². The number of aliphatic hydroxyl groups is 1. The third kappa shape index (κ3) is 3.96. The highest BCUT2D eigenvalue weighted by Crippen LogP contribution is 2.24. The minimum absolute atomic E-state index is 0.00223. The van der Waals surface area contributed by atoms with Crippen molar-refractivity contribution < 1.29 is 9.90 Å². The molecule has 1 unspecified atom stereocenters. The van der Waals surface area contributed by atoms with Crippen LogP contribution in [0.2, 0.25) is 5.02 Å². The van der Waals surface area contributed by atoms with E-state index in [1.54, 1.807) is 17.8 Å². The van der Waals surface area contributed by atoms with Crippen LogP contribution in [0.25, 0.3) is 0 Å². The minimum Gasteiger partial charge on any atom is -0.395 e. The molecule has 22 heavy (non-hydrogen) atoms. The van der Waals surface area contributed by atoms with Crippen LogP contribution in [0, 0.1) is 0 Å². The molecule has 1 aromatic rings. The lowest BCUT2D eigenvalue weighted by Crippen LogP contribution is -2.52. The van der Waals surface area contributed by atoms with Gasteiger partial charge in [-0.05, 0) is 30.9 Å². The van der Waals surface area contributed by atoms with Gasteiger partial charge in [0, 0.05) is 37.1 Å². The number of aliphatic hydroxyl groups excluding tert-OH is 1. The van der Waals surface area contributed by atoms with Gasteiger partial charge in [0.25, 0.3) is 5.91 Å². The van der Waals surface area contributed by atoms with Gasteiger partial charge in [-0.1, -0.05) is 18.5 Å². The third-order valence-corrected chi connectivity index (χ3v) is 5.26. The van der Waals surface area contributed by atoms with Crippen molar-refractivity contribution in [3.05, 3.63) is 28.8 Å². The van der Waals surface area contributed by atoms with E-state index in [2.05, 4.69) is 11.8 Å². The molecular weight excluding hydrogens is 320 g/mol. The first-order valence-corrected chi connectivity index (χ1v) is 9.18. The first-order valence-electron chi connectivity index (χ1n) is 7.58. The molecule has 0 radical (unpaired) electrons. The Bertz CT molecular complexity index is 515. The molecule has 1 atom stereocenters. The van der Waals surface area contributed by atoms with Gasteiger partial charge >= 0.3 is 0 Å². The summed E-state index contributed by atoms with van der Waals surface area (Å²) >= 11 is 7.79. The highest BCUT2D eigenvalue weighted by atomic mass is 35.5.